The number of allylic oxidation sites excluding steroid dienone is 3. The summed E-state index contributed by atoms with van der Waals surface area (Å²) in [5.41, 5.74) is 0.814. The number of nitrogens with zero attached hydrogens (tertiary/aromatic N) is 2. The fourth-order valence-electron chi connectivity index (χ4n) is 2.68. The molecule has 1 aliphatic heterocycles. The third-order valence-electron chi connectivity index (χ3n) is 4.00. The fraction of sp³-hybridized carbons (Fsp3) is 0.316. The van der Waals surface area contributed by atoms with Crippen LogP contribution in [0.5, 0.6) is 5.75 Å². The smallest absolute Gasteiger partial charge is 0.444 e. The standard InChI is InChI=1S/C19H17BrF3N3O4S/c1-2-28-16-10-26(25-17(29-16)14-9-11(20)3-8-15(14)31)18(27)24-12-4-6-13(7-5-12)30-19(21,22)23/h3-7,9,16H,2,8,10H2,1H3,(H,24,27). The number of hydrazone groups is 1. The van der Waals surface area contributed by atoms with Crippen LogP contribution in [0.15, 0.2) is 51.6 Å². The van der Waals surface area contributed by atoms with Crippen LogP contribution >= 0.6 is 28.1 Å². The zero-order valence-corrected chi connectivity index (χ0v) is 18.5. The summed E-state index contributed by atoms with van der Waals surface area (Å²) in [6.07, 6.45) is -1.40. The van der Waals surface area contributed by atoms with Crippen molar-refractivity contribution in [3.05, 3.63) is 46.5 Å². The molecule has 0 saturated heterocycles. The van der Waals surface area contributed by atoms with Gasteiger partial charge >= 0.3 is 12.4 Å². The van der Waals surface area contributed by atoms with Gasteiger partial charge in [-0.3, -0.25) is 0 Å². The van der Waals surface area contributed by atoms with Gasteiger partial charge in [0.25, 0.3) is 0 Å². The Bertz CT molecular complexity index is 948. The van der Waals surface area contributed by atoms with Crippen LogP contribution in [0, 0.1) is 0 Å². The van der Waals surface area contributed by atoms with Crippen molar-refractivity contribution in [2.45, 2.75) is 26.0 Å². The molecule has 1 atom stereocenters. The maximum Gasteiger partial charge on any atom is 0.573 e. The van der Waals surface area contributed by atoms with E-state index in [0.29, 0.717) is 23.5 Å². The van der Waals surface area contributed by atoms with E-state index in [1.807, 2.05) is 6.08 Å². The average Bonchev–Trinajstić information content (AvgIpc) is 2.70. The Labute approximate surface area is 189 Å². The second-order valence-electron chi connectivity index (χ2n) is 6.27. The van der Waals surface area contributed by atoms with E-state index in [0.717, 1.165) is 21.6 Å². The van der Waals surface area contributed by atoms with Crippen LogP contribution in [0.25, 0.3) is 0 Å². The van der Waals surface area contributed by atoms with Gasteiger partial charge in [0.1, 0.15) is 12.3 Å². The molecule has 1 heterocycles. The summed E-state index contributed by atoms with van der Waals surface area (Å²) in [4.78, 5) is 13.3. The van der Waals surface area contributed by atoms with E-state index >= 15 is 0 Å². The first kappa shape index (κ1) is 23.2. The Morgan fingerprint density at radius 2 is 2.10 bits per heavy atom. The van der Waals surface area contributed by atoms with E-state index in [-0.39, 0.29) is 18.1 Å². The van der Waals surface area contributed by atoms with Crippen molar-refractivity contribution in [2.24, 2.45) is 5.10 Å². The summed E-state index contributed by atoms with van der Waals surface area (Å²) in [5.74, 6) is -0.256. The van der Waals surface area contributed by atoms with Gasteiger partial charge < -0.3 is 19.5 Å². The first-order valence-corrected chi connectivity index (χ1v) is 10.3. The number of carbonyl (C=O) groups is 1. The van der Waals surface area contributed by atoms with Gasteiger partial charge in [-0.15, -0.1) is 18.3 Å². The molecule has 0 bridgehead atoms. The number of ether oxygens (including phenoxy) is 3. The van der Waals surface area contributed by atoms with E-state index in [2.05, 4.69) is 31.1 Å². The van der Waals surface area contributed by atoms with Gasteiger partial charge in [-0.05, 0) is 37.3 Å². The van der Waals surface area contributed by atoms with Crippen molar-refractivity contribution < 1.29 is 32.2 Å². The Morgan fingerprint density at radius 1 is 1.39 bits per heavy atom. The Balaban J connectivity index is 1.76. The van der Waals surface area contributed by atoms with Crippen LogP contribution in [0.2, 0.25) is 0 Å². The highest BCUT2D eigenvalue weighted by molar-refractivity contribution is 9.11. The van der Waals surface area contributed by atoms with Crippen molar-refractivity contribution in [3.63, 3.8) is 0 Å². The zero-order valence-electron chi connectivity index (χ0n) is 16.1. The lowest BCUT2D eigenvalue weighted by Crippen LogP contribution is -2.45. The molecule has 1 aromatic carbocycles. The topological polar surface area (TPSA) is 72.4 Å². The number of hydrogen-bond donors (Lipinski definition) is 1. The van der Waals surface area contributed by atoms with E-state index in [1.165, 1.54) is 12.1 Å². The molecule has 1 unspecified atom stereocenters. The van der Waals surface area contributed by atoms with Crippen molar-refractivity contribution in [2.75, 3.05) is 18.5 Å². The predicted molar refractivity (Wildman–Crippen MR) is 115 cm³/mol. The molecular formula is C19H17BrF3N3O4S. The third kappa shape index (κ3) is 6.52. The highest BCUT2D eigenvalue weighted by Crippen LogP contribution is 2.26. The summed E-state index contributed by atoms with van der Waals surface area (Å²) < 4.78 is 52.7. The minimum atomic E-state index is -4.80. The van der Waals surface area contributed by atoms with Gasteiger partial charge in [-0.1, -0.05) is 34.2 Å². The number of urea groups is 1. The lowest BCUT2D eigenvalue weighted by atomic mass is 10.0. The molecule has 0 aromatic heterocycles. The molecule has 0 radical (unpaired) electrons. The van der Waals surface area contributed by atoms with Gasteiger partial charge in [0, 0.05) is 28.1 Å². The number of rotatable bonds is 5. The SMILES string of the molecule is CCOC1CN(C(=O)Nc2ccc(OC(F)(F)F)cc2)N=C(C2=CC(Br)=CCC2=S)O1. The molecular weight excluding hydrogens is 503 g/mol. The van der Waals surface area contributed by atoms with Gasteiger partial charge in [0.05, 0.1) is 5.57 Å². The molecule has 3 rings (SSSR count). The minimum absolute atomic E-state index is 0.00942. The third-order valence-corrected chi connectivity index (χ3v) is 4.94. The highest BCUT2D eigenvalue weighted by atomic mass is 79.9. The lowest BCUT2D eigenvalue weighted by Gasteiger charge is -2.31. The zero-order chi connectivity index (χ0) is 22.6. The molecule has 1 aromatic rings. The molecule has 166 valence electrons. The summed E-state index contributed by atoms with van der Waals surface area (Å²) in [7, 11) is 0. The van der Waals surface area contributed by atoms with Gasteiger partial charge in [0.2, 0.25) is 12.2 Å². The Morgan fingerprint density at radius 3 is 2.74 bits per heavy atom. The Hall–Kier alpha value is -2.44. The molecule has 2 aliphatic rings. The predicted octanol–water partition coefficient (Wildman–Crippen LogP) is 5.10. The molecule has 0 fully saturated rings. The molecule has 0 spiro atoms. The molecule has 31 heavy (non-hydrogen) atoms. The summed E-state index contributed by atoms with van der Waals surface area (Å²) in [6, 6.07) is 4.13. The van der Waals surface area contributed by atoms with Gasteiger partial charge in [-0.2, -0.15) is 0 Å². The summed E-state index contributed by atoms with van der Waals surface area (Å²) in [5, 5.41) is 7.93. The number of nitrogens with one attached hydrogen (secondary N) is 1. The van der Waals surface area contributed by atoms with Gasteiger partial charge in [-0.25, -0.2) is 9.80 Å². The Kier molecular flexibility index (Phi) is 7.34. The largest absolute Gasteiger partial charge is 0.573 e. The number of halogens is 4. The second-order valence-corrected chi connectivity index (χ2v) is 7.68. The van der Waals surface area contributed by atoms with Crippen LogP contribution in [0.3, 0.4) is 0 Å². The number of amides is 2. The number of benzene rings is 1. The van der Waals surface area contributed by atoms with E-state index in [9.17, 15) is 18.0 Å². The second kappa shape index (κ2) is 9.79. The molecule has 12 heteroatoms. The number of carbonyl (C=O) groups excluding carboxylic acids is 1. The van der Waals surface area contributed by atoms with Crippen LogP contribution in [0.4, 0.5) is 23.7 Å². The van der Waals surface area contributed by atoms with Crippen LogP contribution in [0.1, 0.15) is 13.3 Å². The first-order chi connectivity index (χ1) is 14.6. The average molecular weight is 520 g/mol. The van der Waals surface area contributed by atoms with Crippen LogP contribution in [-0.4, -0.2) is 47.6 Å². The normalized spacial score (nSPS) is 19.1. The lowest BCUT2D eigenvalue weighted by molar-refractivity contribution is -0.274. The van der Waals surface area contributed by atoms with Crippen molar-refractivity contribution in [1.29, 1.82) is 0 Å². The monoisotopic (exact) mass is 519 g/mol. The summed E-state index contributed by atoms with van der Waals surface area (Å²) >= 11 is 8.77. The van der Waals surface area contributed by atoms with E-state index < -0.39 is 24.4 Å². The quantitative estimate of drug-likeness (QED) is 0.547. The van der Waals surface area contributed by atoms with Gasteiger partial charge in [0.15, 0.2) is 0 Å². The van der Waals surface area contributed by atoms with E-state index in [4.69, 9.17) is 21.7 Å². The fourth-order valence-corrected chi connectivity index (χ4v) is 3.30. The number of anilines is 1. The molecule has 2 amide bonds. The minimum Gasteiger partial charge on any atom is -0.444 e. The maximum atomic E-state index is 12.7. The van der Waals surface area contributed by atoms with Crippen LogP contribution < -0.4 is 10.1 Å². The number of thiocarbonyl (C=S) groups is 1. The maximum absolute atomic E-state index is 12.7. The van der Waals surface area contributed by atoms with Crippen molar-refractivity contribution in [3.8, 4) is 5.75 Å². The molecule has 1 N–H and O–H groups in total. The van der Waals surface area contributed by atoms with Crippen LogP contribution in [-0.2, 0) is 9.47 Å². The summed E-state index contributed by atoms with van der Waals surface area (Å²) in [6.45, 7) is 2.14. The number of alkyl halides is 3. The molecule has 1 aliphatic carbocycles. The molecule has 7 nitrogen and oxygen atoms in total. The first-order valence-electron chi connectivity index (χ1n) is 9.06. The van der Waals surface area contributed by atoms with Crippen molar-refractivity contribution in [1.82, 2.24) is 5.01 Å². The highest BCUT2D eigenvalue weighted by Gasteiger charge is 2.32. The number of hydrogen-bond acceptors (Lipinski definition) is 6. The van der Waals surface area contributed by atoms with E-state index in [1.54, 1.807) is 13.0 Å². The van der Waals surface area contributed by atoms with Crippen molar-refractivity contribution >= 4 is 50.6 Å². The molecule has 0 saturated carbocycles.